The fraction of sp³-hybridized carbons (Fsp3) is 0.722. The minimum absolute atomic E-state index is 0.0608. The molecule has 1 atom stereocenters. The monoisotopic (exact) mass is 348 g/mol. The van der Waals surface area contributed by atoms with Gasteiger partial charge in [-0.05, 0) is 52.4 Å². The molecule has 0 aromatic carbocycles. The van der Waals surface area contributed by atoms with Gasteiger partial charge in [-0.1, -0.05) is 6.08 Å². The third-order valence-electron chi connectivity index (χ3n) is 5.35. The van der Waals surface area contributed by atoms with Crippen LogP contribution in [0.4, 0.5) is 5.13 Å². The van der Waals surface area contributed by atoms with Crippen molar-refractivity contribution in [3.05, 3.63) is 18.5 Å². The van der Waals surface area contributed by atoms with Crippen molar-refractivity contribution in [2.75, 3.05) is 18.0 Å². The third-order valence-corrected chi connectivity index (χ3v) is 6.14. The Morgan fingerprint density at radius 3 is 2.62 bits per heavy atom. The summed E-state index contributed by atoms with van der Waals surface area (Å²) >= 11 is 1.54. The van der Waals surface area contributed by atoms with E-state index in [0.717, 1.165) is 36.9 Å². The Balaban J connectivity index is 1.50. The van der Waals surface area contributed by atoms with Gasteiger partial charge < -0.3 is 10.2 Å². The van der Waals surface area contributed by atoms with Crippen LogP contribution in [-0.2, 0) is 4.79 Å². The maximum atomic E-state index is 12.3. The number of hydrogen-bond donors (Lipinski definition) is 1. The Bertz CT molecular complexity index is 600. The highest BCUT2D eigenvalue weighted by Crippen LogP contribution is 2.40. The first-order valence-electron chi connectivity index (χ1n) is 8.94. The second-order valence-electron chi connectivity index (χ2n) is 7.72. The Kier molecular flexibility index (Phi) is 4.95. The van der Waals surface area contributed by atoms with Crippen LogP contribution >= 0.6 is 11.5 Å². The fourth-order valence-corrected chi connectivity index (χ4v) is 3.85. The minimum Gasteiger partial charge on any atom is -0.353 e. The van der Waals surface area contributed by atoms with E-state index >= 15 is 0 Å². The maximum absolute atomic E-state index is 12.3. The molecule has 5 nitrogen and oxygen atoms in total. The van der Waals surface area contributed by atoms with Crippen molar-refractivity contribution < 1.29 is 4.79 Å². The molecule has 1 aromatic heterocycles. The summed E-state index contributed by atoms with van der Waals surface area (Å²) in [5, 5.41) is 4.24. The number of carbonyl (C=O) groups excluding carboxylic acids is 1. The summed E-state index contributed by atoms with van der Waals surface area (Å²) in [4.78, 5) is 19.4. The van der Waals surface area contributed by atoms with Gasteiger partial charge in [0, 0.05) is 36.6 Å². The molecule has 1 saturated carbocycles. The zero-order valence-electron chi connectivity index (χ0n) is 14.9. The molecule has 3 rings (SSSR count). The zero-order chi connectivity index (χ0) is 17.3. The van der Waals surface area contributed by atoms with Crippen molar-refractivity contribution in [2.45, 2.75) is 58.4 Å². The van der Waals surface area contributed by atoms with Gasteiger partial charge >= 0.3 is 0 Å². The maximum Gasteiger partial charge on any atom is 0.229 e. The lowest BCUT2D eigenvalue weighted by Gasteiger charge is -2.35. The van der Waals surface area contributed by atoms with Crippen LogP contribution in [0.25, 0.3) is 0 Å². The van der Waals surface area contributed by atoms with Crippen LogP contribution in [-0.4, -0.2) is 34.4 Å². The standard InChI is InChI=1S/C18H28N4OS/c1-5-18(3,4)16(23)19-12(2)13-8-10-22(11-9-13)17-20-15(21-24-17)14-6-7-14/h5,12-14H,1,6-11H2,2-4H3,(H,19,23)/t12-/m1/s1. The molecule has 0 bridgehead atoms. The first-order valence-corrected chi connectivity index (χ1v) is 9.71. The van der Waals surface area contributed by atoms with Crippen LogP contribution in [0.1, 0.15) is 58.2 Å². The fourth-order valence-electron chi connectivity index (χ4n) is 3.06. The van der Waals surface area contributed by atoms with E-state index in [2.05, 4.69) is 28.1 Å². The summed E-state index contributed by atoms with van der Waals surface area (Å²) in [6.07, 6.45) is 6.36. The van der Waals surface area contributed by atoms with Gasteiger partial charge in [0.15, 0.2) is 0 Å². The number of anilines is 1. The van der Waals surface area contributed by atoms with E-state index in [4.69, 9.17) is 4.98 Å². The lowest BCUT2D eigenvalue weighted by Crippen LogP contribution is -2.47. The van der Waals surface area contributed by atoms with Gasteiger partial charge in [-0.25, -0.2) is 4.98 Å². The van der Waals surface area contributed by atoms with Crippen molar-refractivity contribution in [3.8, 4) is 0 Å². The van der Waals surface area contributed by atoms with Gasteiger partial charge in [-0.15, -0.1) is 6.58 Å². The van der Waals surface area contributed by atoms with E-state index in [-0.39, 0.29) is 11.9 Å². The van der Waals surface area contributed by atoms with Gasteiger partial charge in [0.1, 0.15) is 5.82 Å². The molecule has 0 unspecified atom stereocenters. The Morgan fingerprint density at radius 1 is 1.38 bits per heavy atom. The van der Waals surface area contributed by atoms with Crippen molar-refractivity contribution in [1.29, 1.82) is 0 Å². The smallest absolute Gasteiger partial charge is 0.229 e. The Labute approximate surface area is 148 Å². The Morgan fingerprint density at radius 2 is 2.04 bits per heavy atom. The molecule has 2 aliphatic rings. The molecule has 132 valence electrons. The summed E-state index contributed by atoms with van der Waals surface area (Å²) in [5.41, 5.74) is -0.513. The predicted molar refractivity (Wildman–Crippen MR) is 98.4 cm³/mol. The van der Waals surface area contributed by atoms with Gasteiger partial charge in [0.05, 0.1) is 5.41 Å². The average Bonchev–Trinajstić information content (AvgIpc) is 3.32. The largest absolute Gasteiger partial charge is 0.353 e. The summed E-state index contributed by atoms with van der Waals surface area (Å²) < 4.78 is 4.51. The number of amides is 1. The van der Waals surface area contributed by atoms with Crippen molar-refractivity contribution in [1.82, 2.24) is 14.7 Å². The minimum atomic E-state index is -0.513. The van der Waals surface area contributed by atoms with E-state index in [1.165, 1.54) is 24.4 Å². The highest BCUT2D eigenvalue weighted by atomic mass is 32.1. The molecule has 1 aliphatic heterocycles. The van der Waals surface area contributed by atoms with Gasteiger partial charge in [0.2, 0.25) is 11.0 Å². The van der Waals surface area contributed by atoms with Crippen LogP contribution in [0.2, 0.25) is 0 Å². The molecule has 2 heterocycles. The summed E-state index contributed by atoms with van der Waals surface area (Å²) in [7, 11) is 0. The van der Waals surface area contributed by atoms with E-state index < -0.39 is 5.41 Å². The van der Waals surface area contributed by atoms with E-state index in [0.29, 0.717) is 11.8 Å². The van der Waals surface area contributed by atoms with Gasteiger partial charge in [-0.3, -0.25) is 4.79 Å². The molecule has 1 aliphatic carbocycles. The molecule has 1 saturated heterocycles. The van der Waals surface area contributed by atoms with Crippen molar-refractivity contribution >= 4 is 22.6 Å². The number of hydrogen-bond acceptors (Lipinski definition) is 5. The molecule has 1 aromatic rings. The number of carbonyl (C=O) groups is 1. The highest BCUT2D eigenvalue weighted by Gasteiger charge is 2.32. The lowest BCUT2D eigenvalue weighted by atomic mass is 9.88. The van der Waals surface area contributed by atoms with Gasteiger partial charge in [-0.2, -0.15) is 4.37 Å². The van der Waals surface area contributed by atoms with E-state index in [1.807, 2.05) is 13.8 Å². The van der Waals surface area contributed by atoms with Crippen molar-refractivity contribution in [3.63, 3.8) is 0 Å². The number of aromatic nitrogens is 2. The van der Waals surface area contributed by atoms with Crippen LogP contribution in [0.5, 0.6) is 0 Å². The number of rotatable bonds is 6. The van der Waals surface area contributed by atoms with Crippen LogP contribution in [0.15, 0.2) is 12.7 Å². The molecule has 24 heavy (non-hydrogen) atoms. The molecule has 0 spiro atoms. The van der Waals surface area contributed by atoms with Gasteiger partial charge in [0.25, 0.3) is 0 Å². The second-order valence-corrected chi connectivity index (χ2v) is 8.45. The topological polar surface area (TPSA) is 58.1 Å². The molecule has 6 heteroatoms. The molecular weight excluding hydrogens is 320 g/mol. The molecular formula is C18H28N4OS. The van der Waals surface area contributed by atoms with Crippen LogP contribution in [0.3, 0.4) is 0 Å². The average molecular weight is 349 g/mol. The second kappa shape index (κ2) is 6.82. The molecule has 2 fully saturated rings. The molecule has 0 radical (unpaired) electrons. The number of nitrogens with zero attached hydrogens (tertiary/aromatic N) is 3. The lowest BCUT2D eigenvalue weighted by molar-refractivity contribution is -0.128. The Hall–Kier alpha value is -1.43. The van der Waals surface area contributed by atoms with Crippen LogP contribution < -0.4 is 10.2 Å². The summed E-state index contributed by atoms with van der Waals surface area (Å²) in [6.45, 7) is 11.7. The first kappa shape index (κ1) is 17.4. The summed E-state index contributed by atoms with van der Waals surface area (Å²) in [6, 6.07) is 0.190. The van der Waals surface area contributed by atoms with E-state index in [9.17, 15) is 4.79 Å². The zero-order valence-corrected chi connectivity index (χ0v) is 15.7. The highest BCUT2D eigenvalue weighted by molar-refractivity contribution is 7.09. The predicted octanol–water partition coefficient (Wildman–Crippen LogP) is 3.35. The molecule has 1 amide bonds. The quantitative estimate of drug-likeness (QED) is 0.801. The van der Waals surface area contributed by atoms with Crippen molar-refractivity contribution in [2.24, 2.45) is 11.3 Å². The SMILES string of the molecule is C=CC(C)(C)C(=O)N[C@H](C)C1CCN(c2nc(C3CC3)ns2)CC1. The number of piperidine rings is 1. The third kappa shape index (κ3) is 3.79. The molecule has 1 N–H and O–H groups in total. The number of nitrogens with one attached hydrogen (secondary N) is 1. The van der Waals surface area contributed by atoms with Crippen LogP contribution in [0, 0.1) is 11.3 Å². The first-order chi connectivity index (χ1) is 11.4. The summed E-state index contributed by atoms with van der Waals surface area (Å²) in [5.74, 6) is 2.24. The van der Waals surface area contributed by atoms with E-state index in [1.54, 1.807) is 6.08 Å². The normalized spacial score (nSPS) is 20.7.